The Hall–Kier alpha value is -16.8. The van der Waals surface area contributed by atoms with E-state index < -0.39 is 0 Å². The number of nitrogens with zero attached hydrogens (tertiary/aromatic N) is 4. The summed E-state index contributed by atoms with van der Waals surface area (Å²) in [5, 5.41) is 18.8. The molecule has 4 aromatic heterocycles. The predicted octanol–water partition coefficient (Wildman–Crippen LogP) is 32.2. The Morgan fingerprint density at radius 2 is 0.379 bits per heavy atom. The van der Waals surface area contributed by atoms with Crippen LogP contribution < -0.4 is 10.6 Å². The largest absolute Gasteiger partial charge is 0.355 e. The van der Waals surface area contributed by atoms with Gasteiger partial charge in [-0.05, 0) is 148 Å². The van der Waals surface area contributed by atoms with Gasteiger partial charge >= 0.3 is 0 Å². The van der Waals surface area contributed by atoms with Gasteiger partial charge in [0.1, 0.15) is 0 Å². The van der Waals surface area contributed by atoms with E-state index >= 15 is 0 Å². The summed E-state index contributed by atoms with van der Waals surface area (Å²) in [5.41, 5.74) is 58.2. The molecule has 0 amide bonds. The first-order chi connectivity index (χ1) is 65.6. The summed E-state index contributed by atoms with van der Waals surface area (Å²) >= 11 is 0. The summed E-state index contributed by atoms with van der Waals surface area (Å²) in [6, 6.07) is 154. The van der Waals surface area contributed by atoms with E-state index in [1.165, 1.54) is 260 Å². The van der Waals surface area contributed by atoms with E-state index in [0.717, 1.165) is 41.2 Å². The minimum absolute atomic E-state index is 0.0485. The topological polar surface area (TPSA) is 43.8 Å². The van der Waals surface area contributed by atoms with Crippen molar-refractivity contribution in [2.75, 3.05) is 10.6 Å². The number of fused-ring (bicyclic) bond motifs is 16. The van der Waals surface area contributed by atoms with Gasteiger partial charge in [0.05, 0.1) is 68.3 Å². The number of hydrogen-bond donors (Lipinski definition) is 2. The van der Waals surface area contributed by atoms with Crippen LogP contribution in [-0.4, -0.2) is 18.3 Å². The predicted molar refractivity (Wildman–Crippen MR) is 546 cm³/mol. The zero-order valence-electron chi connectivity index (χ0n) is 71.8. The average molecular weight is 1680 g/mol. The summed E-state index contributed by atoms with van der Waals surface area (Å²) in [6.07, 6.45) is 1.59. The Balaban J connectivity index is 0.000000125. The van der Waals surface area contributed by atoms with Crippen molar-refractivity contribution in [2.45, 2.75) is 37.0 Å². The molecule has 6 nitrogen and oxygen atoms in total. The highest BCUT2D eigenvalue weighted by atomic mass is 15.1. The molecule has 0 fully saturated rings. The lowest BCUT2D eigenvalue weighted by molar-refractivity contribution is 0.675. The summed E-state index contributed by atoms with van der Waals surface area (Å²) in [4.78, 5) is 0. The first-order valence-corrected chi connectivity index (χ1v) is 46.6. The van der Waals surface area contributed by atoms with Crippen molar-refractivity contribution in [3.8, 4) is 111 Å². The molecule has 0 saturated carbocycles. The second kappa shape index (κ2) is 26.5. The second-order valence-electron chi connectivity index (χ2n) is 37.4. The zero-order chi connectivity index (χ0) is 85.6. The van der Waals surface area contributed by atoms with Crippen molar-refractivity contribution in [3.05, 3.63) is 479 Å². The molecule has 8 aliphatic rings. The molecule has 0 spiro atoms. The first kappa shape index (κ1) is 71.3. The maximum absolute atomic E-state index is 3.93. The number of nitrogens with one attached hydrogen (secondary N) is 2. The molecule has 4 atom stereocenters. The minimum Gasteiger partial charge on any atom is -0.355 e. The van der Waals surface area contributed by atoms with Gasteiger partial charge in [-0.2, -0.15) is 0 Å². The highest BCUT2D eigenvalue weighted by Crippen LogP contribution is 2.68. The molecule has 612 valence electrons. The summed E-state index contributed by atoms with van der Waals surface area (Å²) in [6.45, 7) is 0. The lowest BCUT2D eigenvalue weighted by Crippen LogP contribution is -2.29. The van der Waals surface area contributed by atoms with Crippen LogP contribution in [0.5, 0.6) is 0 Å². The Kier molecular flexibility index (Phi) is 14.3. The molecule has 0 saturated heterocycles. The molecule has 6 heteroatoms. The third-order valence-electron chi connectivity index (χ3n) is 31.2. The Labute approximate surface area is 761 Å². The number of hydrogen-bond acceptors (Lipinski definition) is 2. The molecular weight excluding hydrogens is 1600 g/mol. The monoisotopic (exact) mass is 1670 g/mol. The van der Waals surface area contributed by atoms with E-state index in [2.05, 4.69) is 441 Å². The Morgan fingerprint density at radius 3 is 0.720 bits per heavy atom. The lowest BCUT2D eigenvalue weighted by atomic mass is 9.74. The van der Waals surface area contributed by atoms with E-state index in [9.17, 15) is 0 Å². The van der Waals surface area contributed by atoms with Gasteiger partial charge in [0.2, 0.25) is 0 Å². The maximum atomic E-state index is 3.93. The van der Waals surface area contributed by atoms with Crippen molar-refractivity contribution in [1.82, 2.24) is 18.3 Å². The van der Waals surface area contributed by atoms with Crippen LogP contribution in [0.4, 0.5) is 22.7 Å². The number of para-hydroxylation sites is 6. The van der Waals surface area contributed by atoms with Crippen LogP contribution in [0.2, 0.25) is 0 Å². The number of benzene rings is 20. The normalized spacial score (nSPS) is 15.3. The van der Waals surface area contributed by atoms with Crippen LogP contribution in [0.1, 0.15) is 90.9 Å². The van der Waals surface area contributed by atoms with Gasteiger partial charge < -0.3 is 28.9 Å². The molecular formula is C126H78N6. The van der Waals surface area contributed by atoms with Crippen molar-refractivity contribution < 1.29 is 0 Å². The van der Waals surface area contributed by atoms with Crippen LogP contribution in [0, 0.1) is 0 Å². The molecule has 12 heterocycles. The molecule has 4 unspecified atom stereocenters. The van der Waals surface area contributed by atoms with Crippen molar-refractivity contribution in [2.24, 2.45) is 0 Å². The fraction of sp³-hybridized carbons (Fsp3) is 0.0476. The summed E-state index contributed by atoms with van der Waals surface area (Å²) < 4.78 is 11.2. The Bertz CT molecular complexity index is 8790. The lowest BCUT2D eigenvalue weighted by Gasteiger charge is -2.43. The van der Waals surface area contributed by atoms with E-state index in [4.69, 9.17) is 0 Å². The number of aromatic nitrogens is 4. The van der Waals surface area contributed by atoms with Gasteiger partial charge in [-0.1, -0.05) is 388 Å². The third kappa shape index (κ3) is 9.31. The van der Waals surface area contributed by atoms with Gasteiger partial charge in [0.15, 0.2) is 0 Å². The molecule has 0 radical (unpaired) electrons. The standard InChI is InChI=1S/C64H30N4.C62H48N2/c1-3-9-29-27(7-1)31-11-5-13-33-35-15-23-43-49-47-41(55(29)65(53(31)33)59(35)49)21-17-37-39-19-25-46-51-52-45(57(43)67(61(37)47)63(39)51)26-20-40-38-18-22-42-48-50-44(58(46)68(62(38)48)64(40)52)24-16-36-34-14-6-12-32-28-8-2-4-10-30(28)56(42)66(54(32)34)60(36)50;1-3-23-45(24-4-1)51-31-11-7-27-47(51)43-48-28-8-12-32-52(48)57-37-17-21-41-61(57)64-62-42-22-18-38-58(62)54-34-14-10-30-50(54)44-49-29-9-13-33-53(49)56-36-16-20-40-60(56)63-59-39-19-15-35-55(59)46-25-5-2-6-26-46/h1-26,55-58H;1-42,63-64H,43-44H2. The molecule has 20 aromatic carbocycles. The molecule has 0 aliphatic carbocycles. The van der Waals surface area contributed by atoms with E-state index in [0.29, 0.717) is 0 Å². The van der Waals surface area contributed by atoms with Crippen molar-refractivity contribution in [3.63, 3.8) is 0 Å². The van der Waals surface area contributed by atoms with Crippen LogP contribution in [-0.2, 0) is 12.8 Å². The number of anilines is 4. The summed E-state index contributed by atoms with van der Waals surface area (Å²) in [7, 11) is 0. The van der Waals surface area contributed by atoms with Gasteiger partial charge in [-0.25, -0.2) is 0 Å². The van der Waals surface area contributed by atoms with E-state index in [1.54, 1.807) is 0 Å². The van der Waals surface area contributed by atoms with Gasteiger partial charge in [0.25, 0.3) is 0 Å². The molecule has 2 N–H and O–H groups in total. The quantitative estimate of drug-likeness (QED) is 0.121. The minimum atomic E-state index is 0.0485. The van der Waals surface area contributed by atoms with E-state index in [1.807, 2.05) is 0 Å². The van der Waals surface area contributed by atoms with Crippen LogP contribution in [0.25, 0.3) is 198 Å². The average Bonchev–Trinajstić information content (AvgIpc) is 1.47. The highest BCUT2D eigenvalue weighted by molar-refractivity contribution is 6.30. The van der Waals surface area contributed by atoms with Crippen LogP contribution in [0.3, 0.4) is 0 Å². The fourth-order valence-electron chi connectivity index (χ4n) is 26.1. The number of rotatable bonds is 13. The molecule has 32 rings (SSSR count). The summed E-state index contributed by atoms with van der Waals surface area (Å²) in [5.74, 6) is 0. The molecule has 8 aliphatic heterocycles. The molecule has 132 heavy (non-hydrogen) atoms. The van der Waals surface area contributed by atoms with Crippen LogP contribution in [0.15, 0.2) is 413 Å². The SMILES string of the molecule is c1ccc(-c2ccccc2Cc2ccccc2-c2ccccc2Nc2ccccc2-c2ccccc2Cc2ccccc2-c2ccccc2Nc2ccccc2-c2ccccc2)cc1.c1ccc2c(c1)-c1cccc3c4ccc5c6c4n(c13)C2c1ccc2c3ccc4c7c3n(c2c1-6)C5c1ccc2c3ccc5c6c3n(c2c1-7)C4c1ccc2c3cccc4c3n(c2c1-6)C5c1ccccc1-4. The zero-order valence-corrected chi connectivity index (χ0v) is 71.8. The Morgan fingerprint density at radius 1 is 0.152 bits per heavy atom. The van der Waals surface area contributed by atoms with Crippen LogP contribution >= 0.6 is 0 Å². The highest BCUT2D eigenvalue weighted by Gasteiger charge is 2.50. The van der Waals surface area contributed by atoms with E-state index in [-0.39, 0.29) is 24.2 Å². The molecule has 24 aromatic rings. The van der Waals surface area contributed by atoms with Crippen molar-refractivity contribution >= 4 is 110 Å². The van der Waals surface area contributed by atoms with Gasteiger partial charge in [-0.3, -0.25) is 0 Å². The maximum Gasteiger partial charge on any atom is 0.0859 e. The third-order valence-corrected chi connectivity index (χ3v) is 31.2. The smallest absolute Gasteiger partial charge is 0.0859 e. The van der Waals surface area contributed by atoms with Gasteiger partial charge in [0, 0.05) is 133 Å². The van der Waals surface area contributed by atoms with Gasteiger partial charge in [-0.15, -0.1) is 0 Å². The fourth-order valence-corrected chi connectivity index (χ4v) is 26.1. The molecule has 0 bridgehead atoms. The first-order valence-electron chi connectivity index (χ1n) is 46.6. The second-order valence-corrected chi connectivity index (χ2v) is 37.4. The van der Waals surface area contributed by atoms with Crippen molar-refractivity contribution in [1.29, 1.82) is 0 Å².